The number of rotatable bonds is 6. The van der Waals surface area contributed by atoms with Crippen molar-refractivity contribution in [3.63, 3.8) is 0 Å². The molecule has 132 valence electrons. The lowest BCUT2D eigenvalue weighted by atomic mass is 10.1. The predicted molar refractivity (Wildman–Crippen MR) is 102 cm³/mol. The first-order chi connectivity index (χ1) is 12.0. The van der Waals surface area contributed by atoms with Crippen LogP contribution in [0.4, 0.5) is 0 Å². The Bertz CT molecular complexity index is 949. The highest BCUT2D eigenvalue weighted by atomic mass is 35.5. The van der Waals surface area contributed by atoms with E-state index >= 15 is 0 Å². The van der Waals surface area contributed by atoms with E-state index in [1.807, 2.05) is 0 Å². The number of phenolic OH excluding ortho intramolecular Hbond substituents is 1. The van der Waals surface area contributed by atoms with Crippen LogP contribution in [0.3, 0.4) is 0 Å². The van der Waals surface area contributed by atoms with E-state index < -0.39 is 7.60 Å². The van der Waals surface area contributed by atoms with Crippen LogP contribution in [0.15, 0.2) is 35.8 Å². The van der Waals surface area contributed by atoms with Crippen LogP contribution in [-0.4, -0.2) is 23.3 Å². The third kappa shape index (κ3) is 3.46. The molecule has 3 rings (SSSR count). The fourth-order valence-corrected chi connectivity index (χ4v) is 5.87. The normalized spacial score (nSPS) is 12.0. The standard InChI is InChI=1S/C17H17ClNO4PS/c1-3-22-24(21,23-4-2)15-10-25-17-12(7-8-19-16(15)17)13-9-11(18)5-6-14(13)20/h5-10,20H,3-4H2,1-2H3. The van der Waals surface area contributed by atoms with Gasteiger partial charge < -0.3 is 14.2 Å². The Morgan fingerprint density at radius 3 is 2.60 bits per heavy atom. The van der Waals surface area contributed by atoms with Gasteiger partial charge >= 0.3 is 7.60 Å². The van der Waals surface area contributed by atoms with E-state index in [1.54, 1.807) is 49.7 Å². The Kier molecular flexibility index (Phi) is 5.46. The molecule has 25 heavy (non-hydrogen) atoms. The van der Waals surface area contributed by atoms with E-state index in [4.69, 9.17) is 20.6 Å². The van der Waals surface area contributed by atoms with E-state index in [9.17, 15) is 9.67 Å². The second-order valence-electron chi connectivity index (χ2n) is 5.15. The molecule has 1 N–H and O–H groups in total. The van der Waals surface area contributed by atoms with Crippen LogP contribution in [0.2, 0.25) is 5.02 Å². The Morgan fingerprint density at radius 2 is 1.92 bits per heavy atom. The van der Waals surface area contributed by atoms with Crippen LogP contribution in [0.1, 0.15) is 13.8 Å². The average Bonchev–Trinajstić information content (AvgIpc) is 3.02. The van der Waals surface area contributed by atoms with Gasteiger partial charge in [0.05, 0.1) is 23.4 Å². The van der Waals surface area contributed by atoms with Gasteiger partial charge in [-0.1, -0.05) is 11.6 Å². The lowest BCUT2D eigenvalue weighted by Gasteiger charge is -2.16. The number of pyridine rings is 1. The summed E-state index contributed by atoms with van der Waals surface area (Å²) in [6.45, 7) is 4.07. The number of halogens is 1. The summed E-state index contributed by atoms with van der Waals surface area (Å²) in [5, 5.41) is 12.9. The quantitative estimate of drug-likeness (QED) is 0.578. The first-order valence-electron chi connectivity index (χ1n) is 7.75. The van der Waals surface area contributed by atoms with Crippen molar-refractivity contribution in [1.29, 1.82) is 0 Å². The molecule has 0 aliphatic rings. The van der Waals surface area contributed by atoms with Crippen molar-refractivity contribution in [2.75, 3.05) is 13.2 Å². The molecule has 8 heteroatoms. The van der Waals surface area contributed by atoms with E-state index in [1.165, 1.54) is 11.3 Å². The highest BCUT2D eigenvalue weighted by Crippen LogP contribution is 2.50. The number of fused-ring (bicyclic) bond motifs is 1. The van der Waals surface area contributed by atoms with E-state index in [-0.39, 0.29) is 19.0 Å². The number of aromatic hydroxyl groups is 1. The Morgan fingerprint density at radius 1 is 1.20 bits per heavy atom. The van der Waals surface area contributed by atoms with Gasteiger partial charge in [-0.3, -0.25) is 9.55 Å². The molecule has 0 spiro atoms. The van der Waals surface area contributed by atoms with Crippen LogP contribution >= 0.6 is 30.5 Å². The number of phenols is 1. The summed E-state index contributed by atoms with van der Waals surface area (Å²) in [6, 6.07) is 6.65. The van der Waals surface area contributed by atoms with Crippen molar-refractivity contribution >= 4 is 46.1 Å². The van der Waals surface area contributed by atoms with E-state index in [2.05, 4.69) is 4.98 Å². The maximum atomic E-state index is 13.1. The Labute approximate surface area is 154 Å². The second-order valence-corrected chi connectivity index (χ2v) is 8.46. The largest absolute Gasteiger partial charge is 0.507 e. The molecule has 0 saturated carbocycles. The lowest BCUT2D eigenvalue weighted by Crippen LogP contribution is -2.10. The predicted octanol–water partition coefficient (Wildman–Crippen LogP) is 5.21. The minimum absolute atomic E-state index is 0.115. The van der Waals surface area contributed by atoms with Crippen LogP contribution in [-0.2, 0) is 13.6 Å². The SMILES string of the molecule is CCOP(=O)(OCC)c1csc2c(-c3cc(Cl)ccc3O)ccnc12. The van der Waals surface area contributed by atoms with Gasteiger partial charge in [0.2, 0.25) is 0 Å². The third-order valence-electron chi connectivity index (χ3n) is 3.58. The summed E-state index contributed by atoms with van der Waals surface area (Å²) in [4.78, 5) is 4.37. The average molecular weight is 398 g/mol. The van der Waals surface area contributed by atoms with Crippen molar-refractivity contribution in [3.8, 4) is 16.9 Å². The molecule has 0 amide bonds. The molecule has 1 aromatic carbocycles. The molecule has 0 atom stereocenters. The van der Waals surface area contributed by atoms with Crippen molar-refractivity contribution in [2.45, 2.75) is 13.8 Å². The second kappa shape index (κ2) is 7.44. The smallest absolute Gasteiger partial charge is 0.364 e. The molecular formula is C17H17ClNO4PS. The molecule has 0 radical (unpaired) electrons. The highest BCUT2D eigenvalue weighted by Gasteiger charge is 2.31. The van der Waals surface area contributed by atoms with Gasteiger partial charge in [-0.05, 0) is 38.1 Å². The summed E-state index contributed by atoms with van der Waals surface area (Å²) in [5.41, 5.74) is 1.91. The summed E-state index contributed by atoms with van der Waals surface area (Å²) in [7, 11) is -3.44. The molecule has 0 fully saturated rings. The number of hydrogen-bond acceptors (Lipinski definition) is 6. The maximum absolute atomic E-state index is 13.1. The monoisotopic (exact) mass is 397 g/mol. The zero-order chi connectivity index (χ0) is 18.0. The zero-order valence-corrected chi connectivity index (χ0v) is 16.2. The molecule has 0 aliphatic heterocycles. The third-order valence-corrected chi connectivity index (χ3v) is 7.12. The van der Waals surface area contributed by atoms with Gasteiger partial charge in [0, 0.05) is 27.7 Å². The van der Waals surface area contributed by atoms with Gasteiger partial charge in [0.1, 0.15) is 11.1 Å². The summed E-state index contributed by atoms with van der Waals surface area (Å²) >= 11 is 7.45. The molecule has 5 nitrogen and oxygen atoms in total. The molecule has 3 aromatic rings. The molecule has 0 saturated heterocycles. The topological polar surface area (TPSA) is 68.7 Å². The van der Waals surface area contributed by atoms with Gasteiger partial charge in [-0.15, -0.1) is 11.3 Å². The van der Waals surface area contributed by atoms with Crippen LogP contribution < -0.4 is 5.30 Å². The molecule has 0 aliphatic carbocycles. The van der Waals surface area contributed by atoms with Gasteiger partial charge in [0.25, 0.3) is 0 Å². The Hall–Kier alpha value is -1.43. The fraction of sp³-hybridized carbons (Fsp3) is 0.235. The maximum Gasteiger partial charge on any atom is 0.364 e. The van der Waals surface area contributed by atoms with Crippen LogP contribution in [0.25, 0.3) is 21.3 Å². The first kappa shape index (κ1) is 18.4. The molecule has 2 aromatic heterocycles. The lowest BCUT2D eigenvalue weighted by molar-refractivity contribution is 0.230. The van der Waals surface area contributed by atoms with E-state index in [0.717, 1.165) is 10.3 Å². The summed E-state index contributed by atoms with van der Waals surface area (Å²) < 4.78 is 24.8. The molecular weight excluding hydrogens is 381 g/mol. The minimum atomic E-state index is -3.44. The first-order valence-corrected chi connectivity index (χ1v) is 10.5. The summed E-state index contributed by atoms with van der Waals surface area (Å²) in [5.74, 6) is 0.115. The fourth-order valence-electron chi connectivity index (χ4n) is 2.57. The number of hydrogen-bond donors (Lipinski definition) is 1. The van der Waals surface area contributed by atoms with Gasteiger partial charge in [-0.25, -0.2) is 0 Å². The number of benzene rings is 1. The molecule has 0 unspecified atom stereocenters. The van der Waals surface area contributed by atoms with Crippen molar-refractivity contribution in [2.24, 2.45) is 0 Å². The number of thiophene rings is 1. The van der Waals surface area contributed by atoms with Crippen LogP contribution in [0, 0.1) is 0 Å². The van der Waals surface area contributed by atoms with E-state index in [0.29, 0.717) is 21.4 Å². The van der Waals surface area contributed by atoms with Gasteiger partial charge in [-0.2, -0.15) is 0 Å². The molecule has 2 heterocycles. The van der Waals surface area contributed by atoms with Crippen molar-refractivity contribution in [3.05, 3.63) is 40.9 Å². The van der Waals surface area contributed by atoms with Gasteiger partial charge in [0.15, 0.2) is 0 Å². The van der Waals surface area contributed by atoms with Crippen LogP contribution in [0.5, 0.6) is 5.75 Å². The summed E-state index contributed by atoms with van der Waals surface area (Å²) in [6.07, 6.45) is 1.61. The Balaban J connectivity index is 2.22. The number of aromatic nitrogens is 1. The zero-order valence-electron chi connectivity index (χ0n) is 13.7. The highest BCUT2D eigenvalue weighted by molar-refractivity contribution is 7.63. The molecule has 0 bridgehead atoms. The van der Waals surface area contributed by atoms with Crippen molar-refractivity contribution < 1.29 is 18.7 Å². The van der Waals surface area contributed by atoms with Crippen molar-refractivity contribution in [1.82, 2.24) is 4.98 Å². The minimum Gasteiger partial charge on any atom is -0.507 e. The number of nitrogens with zero attached hydrogens (tertiary/aromatic N) is 1.